The molecule has 0 unspecified atom stereocenters. The Morgan fingerprint density at radius 3 is 2.55 bits per heavy atom. The van der Waals surface area contributed by atoms with Crippen LogP contribution < -0.4 is 14.2 Å². The van der Waals surface area contributed by atoms with Crippen molar-refractivity contribution in [1.82, 2.24) is 0 Å². The zero-order valence-electron chi connectivity index (χ0n) is 16.0. The van der Waals surface area contributed by atoms with Gasteiger partial charge in [-0.05, 0) is 55.8 Å². The van der Waals surface area contributed by atoms with E-state index in [1.54, 1.807) is 24.3 Å². The normalized spacial score (nSPS) is 14.9. The van der Waals surface area contributed by atoms with Crippen molar-refractivity contribution in [3.8, 4) is 17.2 Å². The Morgan fingerprint density at radius 2 is 1.86 bits per heavy atom. The number of ether oxygens (including phenoxy) is 4. The largest absolute Gasteiger partial charge is 0.493 e. The molecule has 0 aromatic heterocycles. The monoisotopic (exact) mass is 403 g/mol. The van der Waals surface area contributed by atoms with E-state index in [4.69, 9.17) is 14.2 Å². The van der Waals surface area contributed by atoms with Crippen molar-refractivity contribution in [1.29, 1.82) is 0 Å². The average molecular weight is 403 g/mol. The van der Waals surface area contributed by atoms with Crippen LogP contribution in [0.1, 0.15) is 25.0 Å². The van der Waals surface area contributed by atoms with E-state index in [2.05, 4.69) is 9.73 Å². The number of aliphatic imine (C=N–C) groups is 1. The van der Waals surface area contributed by atoms with E-state index in [9.17, 15) is 13.6 Å². The van der Waals surface area contributed by atoms with Crippen molar-refractivity contribution < 1.29 is 32.5 Å². The van der Waals surface area contributed by atoms with Crippen molar-refractivity contribution in [2.45, 2.75) is 26.6 Å². The van der Waals surface area contributed by atoms with Gasteiger partial charge in [0, 0.05) is 5.56 Å². The fourth-order valence-electron chi connectivity index (χ4n) is 2.62. The zero-order chi connectivity index (χ0) is 21.0. The van der Waals surface area contributed by atoms with Crippen LogP contribution in [0.4, 0.5) is 8.78 Å². The van der Waals surface area contributed by atoms with Crippen LogP contribution in [-0.4, -0.2) is 31.7 Å². The third-order valence-electron chi connectivity index (χ3n) is 3.78. The standard InChI is InChI=1S/C21H19F2NO5/c1-12(2)27-17-8-7-13(10-18(17)26-3)9-16-20(25)29-19(24-16)14-5-4-6-15(11-14)28-21(22)23/h4-12,21H,1-3H3/b16-9-. The first-order valence-electron chi connectivity index (χ1n) is 8.78. The topological polar surface area (TPSA) is 66.3 Å². The van der Waals surface area contributed by atoms with Gasteiger partial charge >= 0.3 is 12.6 Å². The van der Waals surface area contributed by atoms with E-state index in [-0.39, 0.29) is 23.4 Å². The van der Waals surface area contributed by atoms with Gasteiger partial charge in [-0.15, -0.1) is 0 Å². The SMILES string of the molecule is COc1cc(/C=C2\N=C(c3cccc(OC(F)F)c3)OC2=O)ccc1OC(C)C. The summed E-state index contributed by atoms with van der Waals surface area (Å²) in [4.78, 5) is 16.4. The first-order valence-corrected chi connectivity index (χ1v) is 8.78. The Morgan fingerprint density at radius 1 is 1.07 bits per heavy atom. The summed E-state index contributed by atoms with van der Waals surface area (Å²) in [7, 11) is 1.52. The highest BCUT2D eigenvalue weighted by Gasteiger charge is 2.25. The predicted octanol–water partition coefficient (Wildman–Crippen LogP) is 4.43. The molecule has 152 valence electrons. The van der Waals surface area contributed by atoms with Crippen molar-refractivity contribution >= 4 is 17.9 Å². The van der Waals surface area contributed by atoms with Crippen LogP contribution in [0.15, 0.2) is 53.2 Å². The molecule has 0 saturated carbocycles. The highest BCUT2D eigenvalue weighted by molar-refractivity contribution is 6.13. The Kier molecular flexibility index (Phi) is 6.11. The second-order valence-corrected chi connectivity index (χ2v) is 6.32. The van der Waals surface area contributed by atoms with E-state index in [0.717, 1.165) is 0 Å². The van der Waals surface area contributed by atoms with Gasteiger partial charge in [0.1, 0.15) is 5.75 Å². The number of carbonyl (C=O) groups excluding carboxylic acids is 1. The van der Waals surface area contributed by atoms with Gasteiger partial charge in [0.25, 0.3) is 0 Å². The maximum Gasteiger partial charge on any atom is 0.387 e. The third kappa shape index (κ3) is 5.10. The van der Waals surface area contributed by atoms with Gasteiger partial charge < -0.3 is 18.9 Å². The first kappa shape index (κ1) is 20.3. The number of carbonyl (C=O) groups is 1. The van der Waals surface area contributed by atoms with Crippen molar-refractivity contribution in [3.05, 3.63) is 59.3 Å². The molecule has 2 aromatic rings. The highest BCUT2D eigenvalue weighted by atomic mass is 19.3. The minimum atomic E-state index is -2.95. The minimum Gasteiger partial charge on any atom is -0.493 e. The summed E-state index contributed by atoms with van der Waals surface area (Å²) in [6, 6.07) is 11.0. The molecule has 0 fully saturated rings. The van der Waals surface area contributed by atoms with Crippen LogP contribution >= 0.6 is 0 Å². The molecule has 0 aliphatic carbocycles. The number of nitrogens with zero attached hydrogens (tertiary/aromatic N) is 1. The van der Waals surface area contributed by atoms with E-state index < -0.39 is 12.6 Å². The van der Waals surface area contributed by atoms with Gasteiger partial charge in [-0.3, -0.25) is 0 Å². The number of methoxy groups -OCH3 is 1. The number of cyclic esters (lactones) is 1. The summed E-state index contributed by atoms with van der Waals surface area (Å²) in [6.07, 6.45) is 1.52. The molecule has 0 N–H and O–H groups in total. The summed E-state index contributed by atoms with van der Waals surface area (Å²) in [5.41, 5.74) is 1.07. The second-order valence-electron chi connectivity index (χ2n) is 6.32. The molecule has 29 heavy (non-hydrogen) atoms. The Labute approximate surface area is 166 Å². The van der Waals surface area contributed by atoms with Gasteiger partial charge in [0.2, 0.25) is 5.90 Å². The Bertz CT molecular complexity index is 969. The third-order valence-corrected chi connectivity index (χ3v) is 3.78. The number of esters is 1. The van der Waals surface area contributed by atoms with E-state index in [1.807, 2.05) is 13.8 Å². The number of halogens is 2. The molecule has 0 atom stereocenters. The van der Waals surface area contributed by atoms with E-state index >= 15 is 0 Å². The summed E-state index contributed by atoms with van der Waals surface area (Å²) in [5, 5.41) is 0. The molecule has 0 saturated heterocycles. The zero-order valence-corrected chi connectivity index (χ0v) is 16.0. The average Bonchev–Trinajstić information content (AvgIpc) is 3.03. The lowest BCUT2D eigenvalue weighted by atomic mass is 10.1. The van der Waals surface area contributed by atoms with Gasteiger partial charge in [0.15, 0.2) is 17.2 Å². The maximum absolute atomic E-state index is 12.4. The van der Waals surface area contributed by atoms with Crippen molar-refractivity contribution in [2.24, 2.45) is 4.99 Å². The molecule has 8 heteroatoms. The number of hydrogen-bond acceptors (Lipinski definition) is 6. The van der Waals surface area contributed by atoms with Crippen LogP contribution in [0.5, 0.6) is 17.2 Å². The van der Waals surface area contributed by atoms with Gasteiger partial charge in [-0.2, -0.15) is 8.78 Å². The minimum absolute atomic E-state index is 0.00712. The summed E-state index contributed by atoms with van der Waals surface area (Å²) in [5.74, 6) is 0.396. The van der Waals surface area contributed by atoms with Crippen molar-refractivity contribution in [2.75, 3.05) is 7.11 Å². The Hall–Kier alpha value is -3.42. The quantitative estimate of drug-likeness (QED) is 0.506. The van der Waals surface area contributed by atoms with Crippen LogP contribution in [0, 0.1) is 0 Å². The van der Waals surface area contributed by atoms with Crippen LogP contribution in [0.2, 0.25) is 0 Å². The Balaban J connectivity index is 1.87. The molecule has 0 spiro atoms. The maximum atomic E-state index is 12.4. The molecule has 0 bridgehead atoms. The summed E-state index contributed by atoms with van der Waals surface area (Å²) in [6.45, 7) is 0.856. The molecule has 1 aliphatic heterocycles. The molecular weight excluding hydrogens is 384 g/mol. The summed E-state index contributed by atoms with van der Waals surface area (Å²) >= 11 is 0. The number of alkyl halides is 2. The van der Waals surface area contributed by atoms with Crippen molar-refractivity contribution in [3.63, 3.8) is 0 Å². The van der Waals surface area contributed by atoms with Gasteiger partial charge in [0.05, 0.1) is 13.2 Å². The van der Waals surface area contributed by atoms with Crippen LogP contribution in [0.25, 0.3) is 6.08 Å². The molecule has 6 nitrogen and oxygen atoms in total. The number of benzene rings is 2. The lowest BCUT2D eigenvalue weighted by Crippen LogP contribution is -2.07. The highest BCUT2D eigenvalue weighted by Crippen LogP contribution is 2.30. The number of rotatable bonds is 7. The molecule has 0 radical (unpaired) electrons. The fourth-order valence-corrected chi connectivity index (χ4v) is 2.62. The number of hydrogen-bond donors (Lipinski definition) is 0. The lowest BCUT2D eigenvalue weighted by molar-refractivity contribution is -0.129. The molecule has 1 heterocycles. The van der Waals surface area contributed by atoms with Crippen LogP contribution in [0.3, 0.4) is 0 Å². The van der Waals surface area contributed by atoms with E-state index in [0.29, 0.717) is 22.6 Å². The van der Waals surface area contributed by atoms with Crippen LogP contribution in [-0.2, 0) is 9.53 Å². The molecule has 2 aromatic carbocycles. The second kappa shape index (κ2) is 8.72. The van der Waals surface area contributed by atoms with Gasteiger partial charge in [-0.25, -0.2) is 9.79 Å². The van der Waals surface area contributed by atoms with E-state index in [1.165, 1.54) is 31.4 Å². The molecular formula is C21H19F2NO5. The molecule has 0 amide bonds. The first-order chi connectivity index (χ1) is 13.9. The smallest absolute Gasteiger partial charge is 0.387 e. The molecule has 3 rings (SSSR count). The van der Waals surface area contributed by atoms with Gasteiger partial charge in [-0.1, -0.05) is 12.1 Å². The fraction of sp³-hybridized carbons (Fsp3) is 0.238. The predicted molar refractivity (Wildman–Crippen MR) is 102 cm³/mol. The lowest BCUT2D eigenvalue weighted by Gasteiger charge is -2.13. The summed E-state index contributed by atoms with van der Waals surface area (Å²) < 4.78 is 45.3. The molecule has 1 aliphatic rings.